The maximum absolute atomic E-state index is 12.1. The Hall–Kier alpha value is -0.610. The number of aromatic nitrogens is 1. The Morgan fingerprint density at radius 1 is 1.42 bits per heavy atom. The highest BCUT2D eigenvalue weighted by Gasteiger charge is 2.24. The number of nitrogens with one attached hydrogen (secondary N) is 1. The molecule has 0 spiro atoms. The standard InChI is InChI=1S/C14H18BrClN2O/c15-7-10-3-1-2-4-11(10)8-18-14(19)12-5-6-17-9-13(12)16/h5-6,9-11H,1-4,7-8H2,(H,18,19). The third kappa shape index (κ3) is 3.93. The molecule has 1 amide bonds. The lowest BCUT2D eigenvalue weighted by Crippen LogP contribution is -2.35. The number of alkyl halides is 1. The summed E-state index contributed by atoms with van der Waals surface area (Å²) in [6.45, 7) is 0.730. The lowest BCUT2D eigenvalue weighted by Gasteiger charge is -2.30. The molecule has 1 heterocycles. The van der Waals surface area contributed by atoms with Gasteiger partial charge in [0.1, 0.15) is 0 Å². The average molecular weight is 346 g/mol. The second kappa shape index (κ2) is 7.25. The van der Waals surface area contributed by atoms with Gasteiger partial charge in [-0.15, -0.1) is 0 Å². The highest BCUT2D eigenvalue weighted by Crippen LogP contribution is 2.30. The van der Waals surface area contributed by atoms with Crippen LogP contribution < -0.4 is 5.32 Å². The summed E-state index contributed by atoms with van der Waals surface area (Å²) in [5, 5.41) is 4.42. The molecule has 19 heavy (non-hydrogen) atoms. The Bertz CT molecular complexity index is 441. The van der Waals surface area contributed by atoms with Crippen LogP contribution >= 0.6 is 27.5 Å². The van der Waals surface area contributed by atoms with Gasteiger partial charge in [0, 0.05) is 24.3 Å². The minimum absolute atomic E-state index is 0.105. The summed E-state index contributed by atoms with van der Waals surface area (Å²) in [6, 6.07) is 1.65. The van der Waals surface area contributed by atoms with E-state index in [1.807, 2.05) is 0 Å². The maximum atomic E-state index is 12.1. The van der Waals surface area contributed by atoms with E-state index in [2.05, 4.69) is 26.2 Å². The molecule has 1 saturated carbocycles. The number of halogens is 2. The number of hydrogen-bond acceptors (Lipinski definition) is 2. The summed E-state index contributed by atoms with van der Waals surface area (Å²) in [5.74, 6) is 1.13. The van der Waals surface area contributed by atoms with Crippen LogP contribution in [0.15, 0.2) is 18.5 Å². The van der Waals surface area contributed by atoms with Crippen molar-refractivity contribution in [2.45, 2.75) is 25.7 Å². The molecule has 0 saturated heterocycles. The molecule has 1 N–H and O–H groups in total. The molecule has 3 nitrogen and oxygen atoms in total. The van der Waals surface area contributed by atoms with Gasteiger partial charge in [-0.05, 0) is 30.7 Å². The maximum Gasteiger partial charge on any atom is 0.252 e. The van der Waals surface area contributed by atoms with Crippen LogP contribution in [0.25, 0.3) is 0 Å². The zero-order valence-corrected chi connectivity index (χ0v) is 13.1. The van der Waals surface area contributed by atoms with E-state index in [0.29, 0.717) is 22.4 Å². The first-order chi connectivity index (χ1) is 9.22. The molecule has 1 aromatic heterocycles. The number of hydrogen-bond donors (Lipinski definition) is 1. The zero-order valence-electron chi connectivity index (χ0n) is 10.7. The van der Waals surface area contributed by atoms with E-state index in [4.69, 9.17) is 11.6 Å². The Labute approximate surface area is 127 Å². The molecular weight excluding hydrogens is 328 g/mol. The van der Waals surface area contributed by atoms with Crippen molar-refractivity contribution in [1.29, 1.82) is 0 Å². The third-order valence-corrected chi connectivity index (χ3v) is 4.94. The molecule has 1 aliphatic carbocycles. The second-order valence-electron chi connectivity index (χ2n) is 5.02. The number of nitrogens with zero attached hydrogens (tertiary/aromatic N) is 1. The zero-order chi connectivity index (χ0) is 13.7. The highest BCUT2D eigenvalue weighted by molar-refractivity contribution is 9.09. The molecule has 0 bridgehead atoms. The summed E-state index contributed by atoms with van der Waals surface area (Å²) in [4.78, 5) is 16.0. The van der Waals surface area contributed by atoms with Gasteiger partial charge in [0.15, 0.2) is 0 Å². The van der Waals surface area contributed by atoms with Gasteiger partial charge in [0.25, 0.3) is 5.91 Å². The molecule has 0 aromatic carbocycles. The topological polar surface area (TPSA) is 42.0 Å². The van der Waals surface area contributed by atoms with Crippen LogP contribution in [-0.2, 0) is 0 Å². The van der Waals surface area contributed by atoms with E-state index < -0.39 is 0 Å². The van der Waals surface area contributed by atoms with Crippen LogP contribution in [0.5, 0.6) is 0 Å². The summed E-state index contributed by atoms with van der Waals surface area (Å²) in [5.41, 5.74) is 0.503. The fourth-order valence-corrected chi connectivity index (χ4v) is 3.69. The molecule has 2 atom stereocenters. The molecule has 104 valence electrons. The van der Waals surface area contributed by atoms with E-state index in [9.17, 15) is 4.79 Å². The van der Waals surface area contributed by atoms with Crippen LogP contribution in [0, 0.1) is 11.8 Å². The Kier molecular flexibility index (Phi) is 5.64. The number of carbonyl (C=O) groups is 1. The lowest BCUT2D eigenvalue weighted by molar-refractivity contribution is 0.0937. The van der Waals surface area contributed by atoms with Crippen molar-refractivity contribution in [2.24, 2.45) is 11.8 Å². The summed E-state index contributed by atoms with van der Waals surface area (Å²) in [7, 11) is 0. The summed E-state index contributed by atoms with van der Waals surface area (Å²) in [6.07, 6.45) is 8.10. The monoisotopic (exact) mass is 344 g/mol. The van der Waals surface area contributed by atoms with E-state index in [-0.39, 0.29) is 5.91 Å². The normalized spacial score (nSPS) is 23.1. The molecule has 1 fully saturated rings. The second-order valence-corrected chi connectivity index (χ2v) is 6.08. The lowest BCUT2D eigenvalue weighted by atomic mass is 9.80. The molecule has 1 aromatic rings. The van der Waals surface area contributed by atoms with Crippen molar-refractivity contribution in [3.8, 4) is 0 Å². The largest absolute Gasteiger partial charge is 0.352 e. The predicted molar refractivity (Wildman–Crippen MR) is 80.8 cm³/mol. The molecule has 5 heteroatoms. The predicted octanol–water partition coefficient (Wildman–Crippen LogP) is 3.67. The molecular formula is C14H18BrClN2O. The molecule has 2 rings (SSSR count). The highest BCUT2D eigenvalue weighted by atomic mass is 79.9. The molecule has 0 radical (unpaired) electrons. The van der Waals surface area contributed by atoms with Crippen molar-refractivity contribution in [3.05, 3.63) is 29.0 Å². The fraction of sp³-hybridized carbons (Fsp3) is 0.571. The van der Waals surface area contributed by atoms with Crippen LogP contribution in [0.1, 0.15) is 36.0 Å². The first kappa shape index (κ1) is 14.8. The van der Waals surface area contributed by atoms with Gasteiger partial charge in [-0.3, -0.25) is 9.78 Å². The van der Waals surface area contributed by atoms with E-state index in [0.717, 1.165) is 11.9 Å². The molecule has 2 unspecified atom stereocenters. The SMILES string of the molecule is O=C(NCC1CCCCC1CBr)c1ccncc1Cl. The number of pyridine rings is 1. The smallest absolute Gasteiger partial charge is 0.252 e. The van der Waals surface area contributed by atoms with Crippen LogP contribution in [-0.4, -0.2) is 22.8 Å². The minimum Gasteiger partial charge on any atom is -0.352 e. The van der Waals surface area contributed by atoms with Crippen LogP contribution in [0.4, 0.5) is 0 Å². The third-order valence-electron chi connectivity index (χ3n) is 3.81. The van der Waals surface area contributed by atoms with Gasteiger partial charge in [-0.1, -0.05) is 40.4 Å². The van der Waals surface area contributed by atoms with Gasteiger partial charge < -0.3 is 5.32 Å². The van der Waals surface area contributed by atoms with Crippen molar-refractivity contribution >= 4 is 33.4 Å². The first-order valence-electron chi connectivity index (χ1n) is 6.66. The van der Waals surface area contributed by atoms with E-state index >= 15 is 0 Å². The first-order valence-corrected chi connectivity index (χ1v) is 8.16. The van der Waals surface area contributed by atoms with Crippen molar-refractivity contribution in [1.82, 2.24) is 10.3 Å². The van der Waals surface area contributed by atoms with Crippen LogP contribution in [0.2, 0.25) is 5.02 Å². The van der Waals surface area contributed by atoms with Crippen molar-refractivity contribution in [3.63, 3.8) is 0 Å². The van der Waals surface area contributed by atoms with Gasteiger partial charge in [0.05, 0.1) is 10.6 Å². The summed E-state index contributed by atoms with van der Waals surface area (Å²) >= 11 is 9.54. The Morgan fingerprint density at radius 2 is 2.16 bits per heavy atom. The Morgan fingerprint density at radius 3 is 2.84 bits per heavy atom. The van der Waals surface area contributed by atoms with Gasteiger partial charge in [-0.2, -0.15) is 0 Å². The quantitative estimate of drug-likeness (QED) is 0.846. The minimum atomic E-state index is -0.105. The van der Waals surface area contributed by atoms with Gasteiger partial charge in [-0.25, -0.2) is 0 Å². The van der Waals surface area contributed by atoms with E-state index in [1.54, 1.807) is 12.3 Å². The van der Waals surface area contributed by atoms with Crippen molar-refractivity contribution in [2.75, 3.05) is 11.9 Å². The van der Waals surface area contributed by atoms with Gasteiger partial charge >= 0.3 is 0 Å². The molecule has 1 aliphatic rings. The summed E-state index contributed by atoms with van der Waals surface area (Å²) < 4.78 is 0. The van der Waals surface area contributed by atoms with Gasteiger partial charge in [0.2, 0.25) is 0 Å². The molecule has 0 aliphatic heterocycles. The number of amides is 1. The average Bonchev–Trinajstić information content (AvgIpc) is 2.45. The fourth-order valence-electron chi connectivity index (χ4n) is 2.63. The van der Waals surface area contributed by atoms with Crippen LogP contribution in [0.3, 0.4) is 0 Å². The number of carbonyl (C=O) groups excluding carboxylic acids is 1. The van der Waals surface area contributed by atoms with E-state index in [1.165, 1.54) is 31.9 Å². The van der Waals surface area contributed by atoms with Crippen molar-refractivity contribution < 1.29 is 4.79 Å². The Balaban J connectivity index is 1.91. The number of rotatable bonds is 4.